The lowest BCUT2D eigenvalue weighted by molar-refractivity contribution is 0.605. The second kappa shape index (κ2) is 2.65. The molecular weight excluding hydrogens is 172 g/mol. The highest BCUT2D eigenvalue weighted by Gasteiger charge is 2.12. The monoisotopic (exact) mass is 178 g/mol. The molecule has 0 aromatic carbocycles. The lowest BCUT2D eigenvalue weighted by atomic mass is 10.6. The molecule has 0 atom stereocenters. The summed E-state index contributed by atoms with van der Waals surface area (Å²) in [6, 6.07) is 0. The molecule has 1 aliphatic heterocycles. The highest BCUT2D eigenvalue weighted by molar-refractivity contribution is 8.17. The predicted molar refractivity (Wildman–Crippen MR) is 41.1 cm³/mol. The molecule has 6 heteroatoms. The lowest BCUT2D eigenvalue weighted by Crippen LogP contribution is -2.15. The van der Waals surface area contributed by atoms with E-state index in [0.717, 1.165) is 11.9 Å². The molecule has 0 amide bonds. The van der Waals surface area contributed by atoms with Crippen molar-refractivity contribution in [3.05, 3.63) is 22.6 Å². The SMILES string of the molecule is NS(=O)(=O)C1=CC=CNS1. The number of primary sulfonamides is 1. The van der Waals surface area contributed by atoms with E-state index in [1.165, 1.54) is 6.08 Å². The summed E-state index contributed by atoms with van der Waals surface area (Å²) in [6.07, 6.45) is 4.64. The lowest BCUT2D eigenvalue weighted by Gasteiger charge is -2.05. The average molecular weight is 178 g/mol. The quantitative estimate of drug-likeness (QED) is 0.549. The molecule has 0 saturated carbocycles. The highest BCUT2D eigenvalue weighted by atomic mass is 32.3. The first-order valence-corrected chi connectivity index (χ1v) is 4.79. The smallest absolute Gasteiger partial charge is 0.245 e. The molecule has 0 bridgehead atoms. The summed E-state index contributed by atoms with van der Waals surface area (Å²) in [7, 11) is -3.52. The number of allylic oxidation sites excluding steroid dienone is 2. The zero-order valence-corrected chi connectivity index (χ0v) is 6.58. The molecular formula is C4H6N2O2S2. The molecule has 1 heterocycles. The van der Waals surface area contributed by atoms with Crippen molar-refractivity contribution in [3.63, 3.8) is 0 Å². The third kappa shape index (κ3) is 1.76. The van der Waals surface area contributed by atoms with Crippen molar-refractivity contribution in [2.75, 3.05) is 0 Å². The molecule has 4 nitrogen and oxygen atoms in total. The van der Waals surface area contributed by atoms with Gasteiger partial charge in [-0.2, -0.15) is 0 Å². The first kappa shape index (κ1) is 7.64. The van der Waals surface area contributed by atoms with Gasteiger partial charge in [-0.3, -0.25) is 0 Å². The molecule has 0 saturated heterocycles. The van der Waals surface area contributed by atoms with Gasteiger partial charge in [0.25, 0.3) is 0 Å². The Morgan fingerprint density at radius 3 is 2.60 bits per heavy atom. The first-order valence-electron chi connectivity index (χ1n) is 2.43. The summed E-state index contributed by atoms with van der Waals surface area (Å²) in [5, 5.41) is 4.82. The maximum atomic E-state index is 10.6. The molecule has 1 rings (SSSR count). The molecule has 0 unspecified atom stereocenters. The topological polar surface area (TPSA) is 72.2 Å². The van der Waals surface area contributed by atoms with Gasteiger partial charge in [-0.25, -0.2) is 13.6 Å². The Morgan fingerprint density at radius 2 is 2.30 bits per heavy atom. The van der Waals surface area contributed by atoms with Gasteiger partial charge in [0.15, 0.2) is 0 Å². The summed E-state index contributed by atoms with van der Waals surface area (Å²) < 4.78 is 24.0. The summed E-state index contributed by atoms with van der Waals surface area (Å²) >= 11 is 0.981. The van der Waals surface area contributed by atoms with Gasteiger partial charge in [0.05, 0.1) is 0 Å². The standard InChI is InChI=1S/C4H6N2O2S2/c5-10(7,8)4-2-1-3-6-9-4/h1-3,6H,(H2,5,7,8). The van der Waals surface area contributed by atoms with Gasteiger partial charge in [0.1, 0.15) is 4.24 Å². The van der Waals surface area contributed by atoms with Crippen LogP contribution in [-0.2, 0) is 10.0 Å². The third-order valence-electron chi connectivity index (χ3n) is 0.837. The zero-order chi connectivity index (χ0) is 7.61. The van der Waals surface area contributed by atoms with Crippen molar-refractivity contribution in [1.29, 1.82) is 0 Å². The second-order valence-corrected chi connectivity index (χ2v) is 4.28. The van der Waals surface area contributed by atoms with Crippen LogP contribution in [0.25, 0.3) is 0 Å². The van der Waals surface area contributed by atoms with E-state index in [2.05, 4.69) is 4.72 Å². The molecule has 56 valence electrons. The third-order valence-corrected chi connectivity index (χ3v) is 3.07. The van der Waals surface area contributed by atoms with Gasteiger partial charge in [-0.1, -0.05) is 0 Å². The second-order valence-electron chi connectivity index (χ2n) is 1.61. The van der Waals surface area contributed by atoms with Crippen LogP contribution in [0.15, 0.2) is 22.6 Å². The molecule has 3 N–H and O–H groups in total. The van der Waals surface area contributed by atoms with E-state index in [4.69, 9.17) is 5.14 Å². The molecule has 1 aliphatic rings. The van der Waals surface area contributed by atoms with Gasteiger partial charge in [-0.05, 0) is 24.1 Å². The van der Waals surface area contributed by atoms with Gasteiger partial charge in [-0.15, -0.1) is 0 Å². The average Bonchev–Trinajstić information content (AvgIpc) is 1.88. The van der Waals surface area contributed by atoms with E-state index in [0.29, 0.717) is 0 Å². The summed E-state index contributed by atoms with van der Waals surface area (Å²) in [5.74, 6) is 0. The van der Waals surface area contributed by atoms with Gasteiger partial charge in [0, 0.05) is 6.20 Å². The normalized spacial score (nSPS) is 17.9. The van der Waals surface area contributed by atoms with Crippen LogP contribution in [-0.4, -0.2) is 8.42 Å². The minimum absolute atomic E-state index is 0.134. The van der Waals surface area contributed by atoms with Crippen molar-refractivity contribution in [2.45, 2.75) is 0 Å². The number of hydrogen-bond acceptors (Lipinski definition) is 4. The number of sulfonamides is 1. The Bertz CT molecular complexity index is 278. The van der Waals surface area contributed by atoms with E-state index in [1.54, 1.807) is 12.3 Å². The van der Waals surface area contributed by atoms with Crippen LogP contribution in [0.4, 0.5) is 0 Å². The minimum atomic E-state index is -3.52. The van der Waals surface area contributed by atoms with Crippen LogP contribution in [0.2, 0.25) is 0 Å². The Balaban J connectivity index is 2.93. The van der Waals surface area contributed by atoms with Gasteiger partial charge >= 0.3 is 0 Å². The molecule has 10 heavy (non-hydrogen) atoms. The molecule has 0 spiro atoms. The Kier molecular flexibility index (Phi) is 2.02. The van der Waals surface area contributed by atoms with Crippen molar-refractivity contribution in [1.82, 2.24) is 4.72 Å². The number of rotatable bonds is 1. The van der Waals surface area contributed by atoms with Crippen molar-refractivity contribution >= 4 is 22.0 Å². The van der Waals surface area contributed by atoms with E-state index in [-0.39, 0.29) is 4.24 Å². The van der Waals surface area contributed by atoms with Gasteiger partial charge < -0.3 is 4.72 Å². The van der Waals surface area contributed by atoms with Crippen LogP contribution in [0, 0.1) is 0 Å². The van der Waals surface area contributed by atoms with E-state index >= 15 is 0 Å². The van der Waals surface area contributed by atoms with Crippen LogP contribution in [0.3, 0.4) is 0 Å². The van der Waals surface area contributed by atoms with E-state index in [9.17, 15) is 8.42 Å². The Labute approximate surface area is 63.4 Å². The Hall–Kier alpha value is -0.460. The molecule has 0 aromatic heterocycles. The van der Waals surface area contributed by atoms with Gasteiger partial charge in [0.2, 0.25) is 10.0 Å². The summed E-state index contributed by atoms with van der Waals surface area (Å²) in [6.45, 7) is 0. The number of nitrogens with two attached hydrogens (primary N) is 1. The fourth-order valence-corrected chi connectivity index (χ4v) is 1.73. The Morgan fingerprint density at radius 1 is 1.60 bits per heavy atom. The van der Waals surface area contributed by atoms with E-state index in [1.807, 2.05) is 0 Å². The zero-order valence-electron chi connectivity index (χ0n) is 4.94. The molecule has 0 aromatic rings. The van der Waals surface area contributed by atoms with Crippen LogP contribution in [0.1, 0.15) is 0 Å². The van der Waals surface area contributed by atoms with Crippen LogP contribution >= 0.6 is 11.9 Å². The highest BCUT2D eigenvalue weighted by Crippen LogP contribution is 2.18. The van der Waals surface area contributed by atoms with Crippen molar-refractivity contribution < 1.29 is 8.42 Å². The van der Waals surface area contributed by atoms with Crippen LogP contribution < -0.4 is 9.86 Å². The fraction of sp³-hybridized carbons (Fsp3) is 0. The molecule has 0 aliphatic carbocycles. The maximum absolute atomic E-state index is 10.6. The largest absolute Gasteiger partial charge is 0.332 e. The fourth-order valence-electron chi connectivity index (χ4n) is 0.445. The minimum Gasteiger partial charge on any atom is -0.332 e. The summed E-state index contributed by atoms with van der Waals surface area (Å²) in [5.41, 5.74) is 0. The van der Waals surface area contributed by atoms with Crippen LogP contribution in [0.5, 0.6) is 0 Å². The predicted octanol–water partition coefficient (Wildman–Crippen LogP) is -0.119. The van der Waals surface area contributed by atoms with Crippen molar-refractivity contribution in [2.24, 2.45) is 5.14 Å². The molecule has 0 fully saturated rings. The number of hydrogen-bond donors (Lipinski definition) is 2. The van der Waals surface area contributed by atoms with E-state index < -0.39 is 10.0 Å². The first-order chi connectivity index (χ1) is 4.61. The molecule has 0 radical (unpaired) electrons. The van der Waals surface area contributed by atoms with Crippen molar-refractivity contribution in [3.8, 4) is 0 Å². The summed E-state index contributed by atoms with van der Waals surface area (Å²) in [4.78, 5) is 0. The number of nitrogens with one attached hydrogen (secondary N) is 1. The maximum Gasteiger partial charge on any atom is 0.245 e.